The largest absolute Gasteiger partial charge is 0.497 e. The van der Waals surface area contributed by atoms with E-state index in [1.807, 2.05) is 4.90 Å². The zero-order chi connectivity index (χ0) is 19.6. The van der Waals surface area contributed by atoms with Crippen LogP contribution in [-0.2, 0) is 11.3 Å². The highest BCUT2D eigenvalue weighted by Gasteiger charge is 2.33. The topological polar surface area (TPSA) is 42.0 Å². The highest BCUT2D eigenvalue weighted by Crippen LogP contribution is 2.30. The van der Waals surface area contributed by atoms with E-state index in [-0.39, 0.29) is 12.5 Å². The molecule has 1 saturated heterocycles. The van der Waals surface area contributed by atoms with E-state index in [1.165, 1.54) is 12.1 Å². The SMILES string of the molecule is COc1cc(OC)cc(N2CCN(Cc3ccc(F)cc3F)C(C)C2=O)c1. The molecule has 5 nitrogen and oxygen atoms in total. The molecule has 1 amide bonds. The molecule has 7 heteroatoms. The number of rotatable bonds is 5. The highest BCUT2D eigenvalue weighted by molar-refractivity contribution is 5.98. The standard InChI is InChI=1S/C20H22F2N2O3/c1-13-20(25)24(16-9-17(26-2)11-18(10-16)27-3)7-6-23(13)12-14-4-5-15(21)8-19(14)22/h4-5,8-11,13H,6-7,12H2,1-3H3. The van der Waals surface area contributed by atoms with Crippen molar-refractivity contribution < 1.29 is 23.0 Å². The fourth-order valence-electron chi connectivity index (χ4n) is 3.20. The summed E-state index contributed by atoms with van der Waals surface area (Å²) < 4.78 is 37.6. The van der Waals surface area contributed by atoms with Crippen LogP contribution >= 0.6 is 0 Å². The van der Waals surface area contributed by atoms with Gasteiger partial charge in [0.05, 0.1) is 25.9 Å². The van der Waals surface area contributed by atoms with Crippen LogP contribution in [0.3, 0.4) is 0 Å². The predicted molar refractivity (Wildman–Crippen MR) is 98.1 cm³/mol. The Balaban J connectivity index is 1.78. The molecule has 27 heavy (non-hydrogen) atoms. The number of anilines is 1. The van der Waals surface area contributed by atoms with E-state index >= 15 is 0 Å². The maximum atomic E-state index is 13.9. The molecule has 1 aliphatic heterocycles. The molecule has 0 saturated carbocycles. The zero-order valence-corrected chi connectivity index (χ0v) is 15.5. The number of halogens is 2. The number of hydrogen-bond acceptors (Lipinski definition) is 4. The number of nitrogens with zero attached hydrogens (tertiary/aromatic N) is 2. The first-order valence-electron chi connectivity index (χ1n) is 8.65. The first-order valence-corrected chi connectivity index (χ1v) is 8.65. The molecule has 0 aromatic heterocycles. The molecular weight excluding hydrogens is 354 g/mol. The Morgan fingerprint density at radius 2 is 1.70 bits per heavy atom. The lowest BCUT2D eigenvalue weighted by atomic mass is 10.1. The second-order valence-electron chi connectivity index (χ2n) is 6.44. The van der Waals surface area contributed by atoms with Crippen LogP contribution < -0.4 is 14.4 Å². The molecule has 0 bridgehead atoms. The van der Waals surface area contributed by atoms with Crippen molar-refractivity contribution in [1.82, 2.24) is 4.90 Å². The quantitative estimate of drug-likeness (QED) is 0.804. The number of carbonyl (C=O) groups excluding carboxylic acids is 1. The summed E-state index contributed by atoms with van der Waals surface area (Å²) >= 11 is 0. The van der Waals surface area contributed by atoms with Gasteiger partial charge in [-0.05, 0) is 13.0 Å². The third kappa shape index (κ3) is 4.03. The van der Waals surface area contributed by atoms with Gasteiger partial charge in [-0.2, -0.15) is 0 Å². The maximum absolute atomic E-state index is 13.9. The summed E-state index contributed by atoms with van der Waals surface area (Å²) in [6.07, 6.45) is 0. The summed E-state index contributed by atoms with van der Waals surface area (Å²) in [4.78, 5) is 16.5. The molecular formula is C20H22F2N2O3. The Bertz CT molecular complexity index is 822. The number of benzene rings is 2. The summed E-state index contributed by atoms with van der Waals surface area (Å²) in [6, 6.07) is 8.36. The van der Waals surface area contributed by atoms with E-state index in [0.29, 0.717) is 35.8 Å². The van der Waals surface area contributed by atoms with Crippen LogP contribution in [0.15, 0.2) is 36.4 Å². The molecule has 2 aromatic rings. The molecule has 0 spiro atoms. The average Bonchev–Trinajstić information content (AvgIpc) is 2.67. The molecule has 1 unspecified atom stereocenters. The lowest BCUT2D eigenvalue weighted by molar-refractivity contribution is -0.125. The number of ether oxygens (including phenoxy) is 2. The van der Waals surface area contributed by atoms with Crippen LogP contribution in [0.2, 0.25) is 0 Å². The van der Waals surface area contributed by atoms with Crippen molar-refractivity contribution >= 4 is 11.6 Å². The Morgan fingerprint density at radius 3 is 2.30 bits per heavy atom. The van der Waals surface area contributed by atoms with Crippen molar-refractivity contribution in [3.05, 3.63) is 53.6 Å². The summed E-state index contributed by atoms with van der Waals surface area (Å²) in [7, 11) is 3.11. The second-order valence-corrected chi connectivity index (χ2v) is 6.44. The lowest BCUT2D eigenvalue weighted by Crippen LogP contribution is -2.55. The Morgan fingerprint density at radius 1 is 1.04 bits per heavy atom. The van der Waals surface area contributed by atoms with Crippen LogP contribution in [0.25, 0.3) is 0 Å². The normalized spacial score (nSPS) is 17.9. The molecule has 0 radical (unpaired) electrons. The van der Waals surface area contributed by atoms with Gasteiger partial charge in [0.2, 0.25) is 5.91 Å². The van der Waals surface area contributed by atoms with Crippen molar-refractivity contribution in [2.45, 2.75) is 19.5 Å². The zero-order valence-electron chi connectivity index (χ0n) is 15.5. The molecule has 1 atom stereocenters. The van der Waals surface area contributed by atoms with Gasteiger partial charge in [0.15, 0.2) is 0 Å². The Kier molecular flexibility index (Phi) is 5.60. The Labute approximate surface area is 157 Å². The van der Waals surface area contributed by atoms with Gasteiger partial charge in [0.25, 0.3) is 0 Å². The Hall–Kier alpha value is -2.67. The van der Waals surface area contributed by atoms with Crippen LogP contribution in [0.4, 0.5) is 14.5 Å². The number of carbonyl (C=O) groups is 1. The minimum atomic E-state index is -0.614. The fraction of sp³-hybridized carbons (Fsp3) is 0.350. The summed E-state index contributed by atoms with van der Waals surface area (Å²) in [6.45, 7) is 3.03. The van der Waals surface area contributed by atoms with Crippen LogP contribution in [0.1, 0.15) is 12.5 Å². The minimum Gasteiger partial charge on any atom is -0.497 e. The number of methoxy groups -OCH3 is 2. The van der Waals surface area contributed by atoms with Crippen molar-refractivity contribution in [1.29, 1.82) is 0 Å². The van der Waals surface area contributed by atoms with Crippen molar-refractivity contribution in [2.24, 2.45) is 0 Å². The summed E-state index contributed by atoms with van der Waals surface area (Å²) in [5.74, 6) is -0.118. The smallest absolute Gasteiger partial charge is 0.244 e. The van der Waals surface area contributed by atoms with Crippen molar-refractivity contribution in [3.8, 4) is 11.5 Å². The van der Waals surface area contributed by atoms with Gasteiger partial charge in [0, 0.05) is 49.5 Å². The van der Waals surface area contributed by atoms with Gasteiger partial charge >= 0.3 is 0 Å². The molecule has 144 valence electrons. The molecule has 2 aromatic carbocycles. The summed E-state index contributed by atoms with van der Waals surface area (Å²) in [5, 5.41) is 0. The molecule has 1 aliphatic rings. The highest BCUT2D eigenvalue weighted by atomic mass is 19.1. The van der Waals surface area contributed by atoms with E-state index in [4.69, 9.17) is 9.47 Å². The molecule has 0 aliphatic carbocycles. The van der Waals surface area contributed by atoms with E-state index in [2.05, 4.69) is 0 Å². The summed E-state index contributed by atoms with van der Waals surface area (Å²) in [5.41, 5.74) is 1.06. The van der Waals surface area contributed by atoms with Gasteiger partial charge in [-0.1, -0.05) is 6.07 Å². The predicted octanol–water partition coefficient (Wildman–Crippen LogP) is 3.22. The van der Waals surface area contributed by atoms with E-state index in [9.17, 15) is 13.6 Å². The molecule has 1 heterocycles. The van der Waals surface area contributed by atoms with E-state index in [1.54, 1.807) is 44.2 Å². The first-order chi connectivity index (χ1) is 12.9. The average molecular weight is 376 g/mol. The lowest BCUT2D eigenvalue weighted by Gasteiger charge is -2.39. The van der Waals surface area contributed by atoms with Crippen molar-refractivity contribution in [2.75, 3.05) is 32.2 Å². The third-order valence-corrected chi connectivity index (χ3v) is 4.82. The molecule has 0 N–H and O–H groups in total. The number of amides is 1. The van der Waals surface area contributed by atoms with E-state index < -0.39 is 17.7 Å². The van der Waals surface area contributed by atoms with Crippen LogP contribution in [0, 0.1) is 11.6 Å². The van der Waals surface area contributed by atoms with Crippen LogP contribution in [-0.4, -0.2) is 44.2 Å². The van der Waals surface area contributed by atoms with Gasteiger partial charge < -0.3 is 14.4 Å². The van der Waals surface area contributed by atoms with Crippen LogP contribution in [0.5, 0.6) is 11.5 Å². The minimum absolute atomic E-state index is 0.0981. The first kappa shape index (κ1) is 19.1. The van der Waals surface area contributed by atoms with Crippen molar-refractivity contribution in [3.63, 3.8) is 0 Å². The number of hydrogen-bond donors (Lipinski definition) is 0. The third-order valence-electron chi connectivity index (χ3n) is 4.82. The van der Waals surface area contributed by atoms with Gasteiger partial charge in [-0.3, -0.25) is 9.69 Å². The van der Waals surface area contributed by atoms with Gasteiger partial charge in [0.1, 0.15) is 23.1 Å². The fourth-order valence-corrected chi connectivity index (χ4v) is 3.20. The molecule has 3 rings (SSSR count). The van der Waals surface area contributed by atoms with Gasteiger partial charge in [-0.25, -0.2) is 8.78 Å². The molecule has 1 fully saturated rings. The number of piperazine rings is 1. The van der Waals surface area contributed by atoms with Gasteiger partial charge in [-0.15, -0.1) is 0 Å². The van der Waals surface area contributed by atoms with E-state index in [0.717, 1.165) is 6.07 Å². The maximum Gasteiger partial charge on any atom is 0.244 e. The second kappa shape index (κ2) is 7.92. The monoisotopic (exact) mass is 376 g/mol.